The lowest BCUT2D eigenvalue weighted by Gasteiger charge is -2.28. The van der Waals surface area contributed by atoms with Crippen molar-refractivity contribution in [3.8, 4) is 0 Å². The maximum atomic E-state index is 10.8. The van der Waals surface area contributed by atoms with Gasteiger partial charge in [0.2, 0.25) is 10.0 Å². The Hall–Kier alpha value is -0.430. The zero-order chi connectivity index (χ0) is 11.9. The summed E-state index contributed by atoms with van der Waals surface area (Å²) in [5.74, 6) is -0.990. The standard InChI is InChI=1S/C9H19NO4S/c1-4-9(13-5-2,14-6-3)7-8-15(10,11)12/h7-8H,4-6H2,1-3H3,(H2,10,11,12)/b8-7+. The Bertz CT molecular complexity index is 291. The van der Waals surface area contributed by atoms with Gasteiger partial charge in [0.15, 0.2) is 5.79 Å². The topological polar surface area (TPSA) is 78.6 Å². The quantitative estimate of drug-likeness (QED) is 0.669. The molecule has 0 heterocycles. The van der Waals surface area contributed by atoms with E-state index in [1.165, 1.54) is 6.08 Å². The van der Waals surface area contributed by atoms with Crippen LogP contribution in [0.3, 0.4) is 0 Å². The van der Waals surface area contributed by atoms with Crippen LogP contribution in [0.25, 0.3) is 0 Å². The van der Waals surface area contributed by atoms with Gasteiger partial charge in [0.1, 0.15) is 0 Å². The third-order valence-corrected chi connectivity index (χ3v) is 2.30. The molecule has 0 radical (unpaired) electrons. The third kappa shape index (κ3) is 5.88. The fourth-order valence-corrected chi connectivity index (χ4v) is 1.54. The van der Waals surface area contributed by atoms with Gasteiger partial charge in [-0.25, -0.2) is 13.6 Å². The summed E-state index contributed by atoms with van der Waals surface area (Å²) in [6.45, 7) is 6.34. The molecule has 0 aliphatic heterocycles. The van der Waals surface area contributed by atoms with Crippen molar-refractivity contribution in [3.05, 3.63) is 11.5 Å². The average Bonchev–Trinajstić information content (AvgIpc) is 2.14. The summed E-state index contributed by atoms with van der Waals surface area (Å²) in [7, 11) is -3.64. The van der Waals surface area contributed by atoms with Crippen LogP contribution in [0.4, 0.5) is 0 Å². The average molecular weight is 237 g/mol. The largest absolute Gasteiger partial charge is 0.347 e. The molecule has 0 fully saturated rings. The summed E-state index contributed by atoms with van der Waals surface area (Å²) in [6.07, 6.45) is 1.86. The van der Waals surface area contributed by atoms with Crippen LogP contribution < -0.4 is 5.14 Å². The molecule has 0 aliphatic carbocycles. The summed E-state index contributed by atoms with van der Waals surface area (Å²) in [6, 6.07) is 0. The Balaban J connectivity index is 4.83. The van der Waals surface area contributed by atoms with Crippen molar-refractivity contribution < 1.29 is 17.9 Å². The summed E-state index contributed by atoms with van der Waals surface area (Å²) in [5.41, 5.74) is 0. The van der Waals surface area contributed by atoms with E-state index < -0.39 is 15.8 Å². The van der Waals surface area contributed by atoms with E-state index in [1.807, 2.05) is 20.8 Å². The van der Waals surface area contributed by atoms with Crippen molar-refractivity contribution >= 4 is 10.0 Å². The SMILES string of the molecule is CCOC(/C=C/S(N)(=O)=O)(CC)OCC. The van der Waals surface area contributed by atoms with Crippen LogP contribution in [0.2, 0.25) is 0 Å². The Labute approximate surface area is 91.3 Å². The van der Waals surface area contributed by atoms with Crippen molar-refractivity contribution in [2.24, 2.45) is 5.14 Å². The highest BCUT2D eigenvalue weighted by molar-refractivity contribution is 7.92. The fraction of sp³-hybridized carbons (Fsp3) is 0.778. The lowest BCUT2D eigenvalue weighted by molar-refractivity contribution is -0.200. The van der Waals surface area contributed by atoms with Gasteiger partial charge in [-0.05, 0) is 19.9 Å². The van der Waals surface area contributed by atoms with E-state index in [4.69, 9.17) is 14.6 Å². The molecular weight excluding hydrogens is 218 g/mol. The van der Waals surface area contributed by atoms with Gasteiger partial charge in [-0.3, -0.25) is 0 Å². The van der Waals surface area contributed by atoms with Gasteiger partial charge in [0.05, 0.1) is 0 Å². The lowest BCUT2D eigenvalue weighted by Crippen LogP contribution is -2.33. The van der Waals surface area contributed by atoms with Crippen molar-refractivity contribution in [2.75, 3.05) is 13.2 Å². The molecule has 5 nitrogen and oxygen atoms in total. The van der Waals surface area contributed by atoms with Crippen molar-refractivity contribution in [1.29, 1.82) is 0 Å². The first-order valence-corrected chi connectivity index (χ1v) is 6.50. The molecule has 0 aromatic carbocycles. The maximum Gasteiger partial charge on any atom is 0.231 e. The summed E-state index contributed by atoms with van der Waals surface area (Å²) in [5, 5.41) is 5.77. The van der Waals surface area contributed by atoms with Crippen LogP contribution in [0.5, 0.6) is 0 Å². The molecule has 0 saturated heterocycles. The second kappa shape index (κ2) is 6.22. The van der Waals surface area contributed by atoms with Crippen LogP contribution in [0.1, 0.15) is 27.2 Å². The minimum atomic E-state index is -3.64. The van der Waals surface area contributed by atoms with Gasteiger partial charge < -0.3 is 9.47 Å². The number of ether oxygens (including phenoxy) is 2. The number of hydrogen-bond donors (Lipinski definition) is 1. The number of nitrogens with two attached hydrogens (primary N) is 1. The van der Waals surface area contributed by atoms with Gasteiger partial charge in [-0.15, -0.1) is 0 Å². The van der Waals surface area contributed by atoms with E-state index in [2.05, 4.69) is 0 Å². The predicted molar refractivity (Wildman–Crippen MR) is 58.5 cm³/mol. The molecule has 0 amide bonds. The number of primary sulfonamides is 1. The minimum absolute atomic E-state index is 0.433. The molecule has 0 rings (SSSR count). The van der Waals surface area contributed by atoms with E-state index >= 15 is 0 Å². The highest BCUT2D eigenvalue weighted by Gasteiger charge is 2.26. The smallest absolute Gasteiger partial charge is 0.231 e. The molecule has 0 aromatic rings. The van der Waals surface area contributed by atoms with Crippen LogP contribution in [-0.4, -0.2) is 27.4 Å². The molecule has 0 unspecified atom stereocenters. The van der Waals surface area contributed by atoms with Gasteiger partial charge in [0, 0.05) is 25.0 Å². The van der Waals surface area contributed by atoms with Crippen LogP contribution in [-0.2, 0) is 19.5 Å². The predicted octanol–water partition coefficient (Wildman–Crippen LogP) is 0.968. The second-order valence-corrected chi connectivity index (χ2v) is 4.37. The van der Waals surface area contributed by atoms with E-state index in [-0.39, 0.29) is 0 Å². The number of sulfonamides is 1. The first-order chi connectivity index (χ1) is 6.89. The molecule has 0 atom stereocenters. The highest BCUT2D eigenvalue weighted by atomic mass is 32.2. The Morgan fingerprint density at radius 1 is 1.20 bits per heavy atom. The summed E-state index contributed by atoms with van der Waals surface area (Å²) in [4.78, 5) is 0. The Morgan fingerprint density at radius 2 is 1.67 bits per heavy atom. The van der Waals surface area contributed by atoms with Crippen molar-refractivity contribution in [3.63, 3.8) is 0 Å². The Kier molecular flexibility index (Phi) is 6.04. The lowest BCUT2D eigenvalue weighted by atomic mass is 10.2. The van der Waals surface area contributed by atoms with Crippen LogP contribution >= 0.6 is 0 Å². The molecular formula is C9H19NO4S. The zero-order valence-corrected chi connectivity index (χ0v) is 10.2. The van der Waals surface area contributed by atoms with Gasteiger partial charge in [0.25, 0.3) is 0 Å². The van der Waals surface area contributed by atoms with Gasteiger partial charge in [-0.2, -0.15) is 0 Å². The summed E-state index contributed by atoms with van der Waals surface area (Å²) < 4.78 is 32.3. The monoisotopic (exact) mass is 237 g/mol. The number of rotatable bonds is 7. The van der Waals surface area contributed by atoms with Gasteiger partial charge in [-0.1, -0.05) is 6.92 Å². The van der Waals surface area contributed by atoms with E-state index in [1.54, 1.807) is 0 Å². The molecule has 6 heteroatoms. The molecule has 0 spiro atoms. The maximum absolute atomic E-state index is 10.8. The van der Waals surface area contributed by atoms with E-state index in [0.717, 1.165) is 5.41 Å². The Morgan fingerprint density at radius 3 is 1.93 bits per heavy atom. The first-order valence-electron chi connectivity index (χ1n) is 4.89. The number of hydrogen-bond acceptors (Lipinski definition) is 4. The van der Waals surface area contributed by atoms with Crippen molar-refractivity contribution in [1.82, 2.24) is 0 Å². The van der Waals surface area contributed by atoms with Crippen LogP contribution in [0, 0.1) is 0 Å². The van der Waals surface area contributed by atoms with E-state index in [9.17, 15) is 8.42 Å². The second-order valence-electron chi connectivity index (χ2n) is 2.92. The molecule has 2 N–H and O–H groups in total. The molecule has 0 aliphatic rings. The first kappa shape index (κ1) is 14.6. The van der Waals surface area contributed by atoms with Gasteiger partial charge >= 0.3 is 0 Å². The normalized spacial score (nSPS) is 13.6. The molecule has 0 aromatic heterocycles. The zero-order valence-electron chi connectivity index (χ0n) is 9.39. The molecule has 0 bridgehead atoms. The van der Waals surface area contributed by atoms with Crippen LogP contribution in [0.15, 0.2) is 11.5 Å². The fourth-order valence-electron chi connectivity index (χ4n) is 1.15. The van der Waals surface area contributed by atoms with E-state index in [0.29, 0.717) is 19.6 Å². The third-order valence-electron chi connectivity index (χ3n) is 1.78. The highest BCUT2D eigenvalue weighted by Crippen LogP contribution is 2.20. The molecule has 15 heavy (non-hydrogen) atoms. The molecule has 0 saturated carbocycles. The molecule has 90 valence electrons. The minimum Gasteiger partial charge on any atom is -0.347 e. The van der Waals surface area contributed by atoms with Crippen molar-refractivity contribution in [2.45, 2.75) is 33.0 Å². The summed E-state index contributed by atoms with van der Waals surface area (Å²) >= 11 is 0.